The summed E-state index contributed by atoms with van der Waals surface area (Å²) in [5.41, 5.74) is 13.4. The molecule has 0 bridgehead atoms. The highest BCUT2D eigenvalue weighted by Gasteiger charge is 2.25. The molecule has 5 nitrogen and oxygen atoms in total. The zero-order valence-corrected chi connectivity index (χ0v) is 16.8. The van der Waals surface area contributed by atoms with Gasteiger partial charge < -0.3 is 5.11 Å². The number of ketones is 1. The third-order valence-electron chi connectivity index (χ3n) is 4.80. The Morgan fingerprint density at radius 3 is 1.93 bits per heavy atom. The lowest BCUT2D eigenvalue weighted by Crippen LogP contribution is -2.23. The first-order valence-corrected chi connectivity index (χ1v) is 9.74. The van der Waals surface area contributed by atoms with E-state index in [0.29, 0.717) is 29.7 Å². The Morgan fingerprint density at radius 2 is 1.43 bits per heavy atom. The van der Waals surface area contributed by atoms with Gasteiger partial charge in [-0.3, -0.25) is 4.79 Å². The van der Waals surface area contributed by atoms with Crippen LogP contribution in [-0.4, -0.2) is 17.0 Å². The van der Waals surface area contributed by atoms with Crippen molar-refractivity contribution in [2.75, 3.05) is 0 Å². The third kappa shape index (κ3) is 5.92. The van der Waals surface area contributed by atoms with Crippen LogP contribution in [0.25, 0.3) is 22.6 Å². The molecule has 30 heavy (non-hydrogen) atoms. The summed E-state index contributed by atoms with van der Waals surface area (Å²) in [5, 5.41) is 13.7. The first-order chi connectivity index (χ1) is 14.5. The second kappa shape index (κ2) is 10.2. The van der Waals surface area contributed by atoms with Crippen LogP contribution in [0, 0.1) is 6.92 Å². The van der Waals surface area contributed by atoms with Gasteiger partial charge in [-0.1, -0.05) is 95.7 Å². The Balaban J connectivity index is 1.71. The van der Waals surface area contributed by atoms with Gasteiger partial charge in [0, 0.05) is 34.6 Å². The van der Waals surface area contributed by atoms with Gasteiger partial charge in [-0.25, -0.2) is 0 Å². The van der Waals surface area contributed by atoms with E-state index in [2.05, 4.69) is 10.0 Å². The summed E-state index contributed by atoms with van der Waals surface area (Å²) in [6.07, 6.45) is 11.1. The monoisotopic (exact) mass is 397 g/mol. The predicted molar refractivity (Wildman–Crippen MR) is 121 cm³/mol. The van der Waals surface area contributed by atoms with E-state index in [1.807, 2.05) is 61.5 Å². The van der Waals surface area contributed by atoms with Crippen LogP contribution in [0.4, 0.5) is 5.69 Å². The van der Waals surface area contributed by atoms with E-state index in [1.165, 1.54) is 5.56 Å². The fourth-order valence-corrected chi connectivity index (χ4v) is 3.19. The minimum Gasteiger partial charge on any atom is -0.392 e. The standard InChI is InChI=1S/C25H23N3O2/c1-18-8-10-19(11-9-18)4-2-6-21-16-24(29)17-22(25(21)30)7-3-5-20-12-14-23(15-13-20)27-28-26/h2-15,24,29H,16-17H2,1H3/b4-2-,5-3-,21-6+,22-7+. The summed E-state index contributed by atoms with van der Waals surface area (Å²) in [7, 11) is 0. The molecule has 2 aromatic carbocycles. The van der Waals surface area contributed by atoms with Gasteiger partial charge in [0.25, 0.3) is 0 Å². The van der Waals surface area contributed by atoms with Gasteiger partial charge >= 0.3 is 0 Å². The number of hydrogen-bond donors (Lipinski definition) is 1. The number of carbonyl (C=O) groups is 1. The summed E-state index contributed by atoms with van der Waals surface area (Å²) >= 11 is 0. The molecule has 3 rings (SSSR count). The zero-order valence-electron chi connectivity index (χ0n) is 16.8. The largest absolute Gasteiger partial charge is 0.392 e. The molecule has 5 heteroatoms. The number of rotatable bonds is 5. The van der Waals surface area contributed by atoms with Crippen molar-refractivity contribution in [3.8, 4) is 0 Å². The normalized spacial score (nSPS) is 19.7. The number of aliphatic hydroxyl groups is 1. The molecule has 0 radical (unpaired) electrons. The number of nitrogens with zero attached hydrogens (tertiary/aromatic N) is 3. The molecule has 2 aromatic rings. The van der Waals surface area contributed by atoms with Crippen molar-refractivity contribution >= 4 is 23.6 Å². The predicted octanol–water partition coefficient (Wildman–Crippen LogP) is 6.24. The van der Waals surface area contributed by atoms with E-state index in [0.717, 1.165) is 11.1 Å². The molecular weight excluding hydrogens is 374 g/mol. The van der Waals surface area contributed by atoms with E-state index < -0.39 is 6.10 Å². The summed E-state index contributed by atoms with van der Waals surface area (Å²) < 4.78 is 0. The fourth-order valence-electron chi connectivity index (χ4n) is 3.19. The van der Waals surface area contributed by atoms with Crippen molar-refractivity contribution in [2.45, 2.75) is 25.9 Å². The third-order valence-corrected chi connectivity index (χ3v) is 4.80. The van der Waals surface area contributed by atoms with Crippen LogP contribution in [-0.2, 0) is 4.79 Å². The number of carbonyl (C=O) groups excluding carboxylic acids is 1. The van der Waals surface area contributed by atoms with E-state index in [-0.39, 0.29) is 5.78 Å². The molecule has 150 valence electrons. The molecular formula is C25H23N3O2. The molecule has 0 amide bonds. The number of aryl methyl sites for hydroxylation is 1. The Labute approximate surface area is 176 Å². The Bertz CT molecular complexity index is 1070. The molecule has 0 heterocycles. The van der Waals surface area contributed by atoms with Gasteiger partial charge in [0.2, 0.25) is 0 Å². The van der Waals surface area contributed by atoms with Gasteiger partial charge in [0.15, 0.2) is 5.78 Å². The number of aliphatic hydroxyl groups excluding tert-OH is 1. The highest BCUT2D eigenvalue weighted by atomic mass is 16.3. The van der Waals surface area contributed by atoms with Crippen molar-refractivity contribution in [3.05, 3.63) is 111 Å². The second-order valence-electron chi connectivity index (χ2n) is 7.18. The minimum absolute atomic E-state index is 0.0304. The fraction of sp³-hybridized carbons (Fsp3) is 0.160. The van der Waals surface area contributed by atoms with Gasteiger partial charge in [-0.2, -0.15) is 0 Å². The Kier molecular flexibility index (Phi) is 7.17. The average Bonchev–Trinajstić information content (AvgIpc) is 2.74. The number of benzene rings is 2. The van der Waals surface area contributed by atoms with Crippen LogP contribution in [0.2, 0.25) is 0 Å². The highest BCUT2D eigenvalue weighted by molar-refractivity contribution is 6.09. The van der Waals surface area contributed by atoms with Crippen LogP contribution in [0.5, 0.6) is 0 Å². The van der Waals surface area contributed by atoms with E-state index >= 15 is 0 Å². The number of Topliss-reactive ketones (excluding diaryl/α,β-unsaturated/α-hetero) is 1. The first kappa shape index (κ1) is 21.1. The smallest absolute Gasteiger partial charge is 0.185 e. The van der Waals surface area contributed by atoms with Gasteiger partial charge in [0.1, 0.15) is 0 Å². The van der Waals surface area contributed by atoms with Crippen LogP contribution >= 0.6 is 0 Å². The van der Waals surface area contributed by atoms with E-state index in [1.54, 1.807) is 30.4 Å². The Morgan fingerprint density at radius 1 is 0.933 bits per heavy atom. The summed E-state index contributed by atoms with van der Waals surface area (Å²) in [5.74, 6) is -0.0304. The quantitative estimate of drug-likeness (QED) is 0.280. The molecule has 1 saturated carbocycles. The topological polar surface area (TPSA) is 86.1 Å². The van der Waals surface area contributed by atoms with E-state index in [4.69, 9.17) is 5.53 Å². The highest BCUT2D eigenvalue weighted by Crippen LogP contribution is 2.26. The molecule has 1 atom stereocenters. The van der Waals surface area contributed by atoms with Gasteiger partial charge in [-0.15, -0.1) is 0 Å². The zero-order chi connectivity index (χ0) is 21.3. The molecule has 0 aromatic heterocycles. The average molecular weight is 397 g/mol. The maximum Gasteiger partial charge on any atom is 0.185 e. The van der Waals surface area contributed by atoms with Crippen molar-refractivity contribution in [3.63, 3.8) is 0 Å². The molecule has 1 aliphatic carbocycles. The SMILES string of the molecule is Cc1ccc(/C=C\C=C2/CC(O)C/C(=C\C=C/c3ccc(N=[N+]=[N-])cc3)C2=O)cc1. The molecule has 0 saturated heterocycles. The molecule has 0 spiro atoms. The lowest BCUT2D eigenvalue weighted by Gasteiger charge is -2.21. The lowest BCUT2D eigenvalue weighted by molar-refractivity contribution is -0.113. The molecule has 1 aliphatic rings. The van der Waals surface area contributed by atoms with Gasteiger partial charge in [-0.05, 0) is 23.6 Å². The van der Waals surface area contributed by atoms with Gasteiger partial charge in [0.05, 0.1) is 6.10 Å². The number of azide groups is 1. The van der Waals surface area contributed by atoms with Crippen molar-refractivity contribution < 1.29 is 9.90 Å². The maximum absolute atomic E-state index is 12.8. The van der Waals surface area contributed by atoms with Crippen molar-refractivity contribution in [2.24, 2.45) is 5.11 Å². The molecule has 1 unspecified atom stereocenters. The van der Waals surface area contributed by atoms with Crippen LogP contribution in [0.15, 0.2) is 89.1 Å². The maximum atomic E-state index is 12.8. The van der Waals surface area contributed by atoms with Crippen molar-refractivity contribution in [1.82, 2.24) is 0 Å². The van der Waals surface area contributed by atoms with Crippen molar-refractivity contribution in [1.29, 1.82) is 0 Å². The number of hydrogen-bond acceptors (Lipinski definition) is 3. The second-order valence-corrected chi connectivity index (χ2v) is 7.18. The summed E-state index contributed by atoms with van der Waals surface area (Å²) in [6.45, 7) is 2.04. The molecule has 0 aliphatic heterocycles. The van der Waals surface area contributed by atoms with Crippen LogP contribution < -0.4 is 0 Å². The summed E-state index contributed by atoms with van der Waals surface area (Å²) in [6, 6.07) is 15.2. The number of allylic oxidation sites excluding steroid dienone is 4. The minimum atomic E-state index is -0.565. The first-order valence-electron chi connectivity index (χ1n) is 9.74. The Hall–Kier alpha value is -3.66. The lowest BCUT2D eigenvalue weighted by atomic mass is 9.86. The molecule has 1 fully saturated rings. The van der Waals surface area contributed by atoms with E-state index in [9.17, 15) is 9.90 Å². The van der Waals surface area contributed by atoms with Crippen LogP contribution in [0.3, 0.4) is 0 Å². The summed E-state index contributed by atoms with van der Waals surface area (Å²) in [4.78, 5) is 15.5. The van der Waals surface area contributed by atoms with Crippen LogP contribution in [0.1, 0.15) is 29.5 Å². The molecule has 1 N–H and O–H groups in total.